The monoisotopic (exact) mass is 300 g/mol. The summed E-state index contributed by atoms with van der Waals surface area (Å²) in [5, 5.41) is 29.8. The normalized spacial score (nSPS) is 33.6. The quantitative estimate of drug-likeness (QED) is 0.454. The predicted molar refractivity (Wildman–Crippen MR) is 66.7 cm³/mol. The van der Waals surface area contributed by atoms with Gasteiger partial charge >= 0.3 is 5.69 Å². The number of halogens is 1. The van der Waals surface area contributed by atoms with E-state index in [9.17, 15) is 29.3 Å². The molecule has 1 aromatic heterocycles. The minimum Gasteiger partial charge on any atom is -0.391 e. The second kappa shape index (κ2) is 5.09. The molecule has 1 aromatic rings. The average molecular weight is 300 g/mol. The molecular formula is C12H13FN2O6. The van der Waals surface area contributed by atoms with Crippen molar-refractivity contribution in [2.75, 3.05) is 0 Å². The van der Waals surface area contributed by atoms with E-state index < -0.39 is 47.2 Å². The smallest absolute Gasteiger partial charge is 0.330 e. The van der Waals surface area contributed by atoms with E-state index in [2.05, 4.69) is 0 Å². The van der Waals surface area contributed by atoms with Crippen LogP contribution in [0.3, 0.4) is 0 Å². The van der Waals surface area contributed by atoms with Gasteiger partial charge in [0.2, 0.25) is 5.82 Å². The summed E-state index contributed by atoms with van der Waals surface area (Å²) in [6.07, 6.45) is -0.223. The fraction of sp³-hybridized carbons (Fsp3) is 0.500. The highest BCUT2D eigenvalue weighted by Crippen LogP contribution is 2.38. The molecule has 1 saturated heterocycles. The largest absolute Gasteiger partial charge is 0.391 e. The molecule has 2 rings (SSSR count). The summed E-state index contributed by atoms with van der Waals surface area (Å²) < 4.78 is 19.0. The molecule has 1 unspecified atom stereocenters. The van der Waals surface area contributed by atoms with E-state index in [0.717, 1.165) is 0 Å². The lowest BCUT2D eigenvalue weighted by atomic mass is 9.93. The molecule has 0 radical (unpaired) electrons. The summed E-state index contributed by atoms with van der Waals surface area (Å²) in [7, 11) is 0. The second-order valence-corrected chi connectivity index (χ2v) is 4.75. The Labute approximate surface area is 117 Å². The third-order valence-corrected chi connectivity index (χ3v) is 3.31. The molecule has 114 valence electrons. The molecule has 0 amide bonds. The SMILES string of the molecule is C#CC1(O)[C@@H](O)[C@@H]([C@@H](C)O)O[C@H]1n1cc(F)c(=O)[nH]c1=O. The minimum atomic E-state index is -2.38. The number of H-pyrrole nitrogens is 1. The molecule has 8 nitrogen and oxygen atoms in total. The number of hydrogen-bond acceptors (Lipinski definition) is 6. The molecule has 2 heterocycles. The third-order valence-electron chi connectivity index (χ3n) is 3.31. The molecular weight excluding hydrogens is 287 g/mol. The number of aromatic amines is 1. The summed E-state index contributed by atoms with van der Waals surface area (Å²) in [5.41, 5.74) is -4.71. The molecule has 0 aliphatic carbocycles. The van der Waals surface area contributed by atoms with Crippen LogP contribution in [0.2, 0.25) is 0 Å². The van der Waals surface area contributed by atoms with Gasteiger partial charge in [-0.05, 0) is 6.92 Å². The van der Waals surface area contributed by atoms with E-state index in [0.29, 0.717) is 10.8 Å². The van der Waals surface area contributed by atoms with E-state index >= 15 is 0 Å². The Kier molecular flexibility index (Phi) is 3.73. The van der Waals surface area contributed by atoms with Gasteiger partial charge in [0.1, 0.15) is 12.2 Å². The summed E-state index contributed by atoms with van der Waals surface area (Å²) >= 11 is 0. The zero-order valence-electron chi connectivity index (χ0n) is 10.9. The molecule has 0 spiro atoms. The van der Waals surface area contributed by atoms with Gasteiger partial charge in [-0.15, -0.1) is 6.42 Å². The van der Waals surface area contributed by atoms with Gasteiger partial charge in [-0.2, -0.15) is 4.39 Å². The molecule has 5 atom stereocenters. The fourth-order valence-electron chi connectivity index (χ4n) is 2.17. The van der Waals surface area contributed by atoms with Crippen LogP contribution in [0.4, 0.5) is 4.39 Å². The van der Waals surface area contributed by atoms with Crippen molar-refractivity contribution in [1.29, 1.82) is 0 Å². The van der Waals surface area contributed by atoms with Crippen molar-refractivity contribution in [2.24, 2.45) is 0 Å². The molecule has 0 bridgehead atoms. The van der Waals surface area contributed by atoms with E-state index in [4.69, 9.17) is 11.2 Å². The number of ether oxygens (including phenoxy) is 1. The Morgan fingerprint density at radius 2 is 2.24 bits per heavy atom. The van der Waals surface area contributed by atoms with Gasteiger partial charge in [-0.1, -0.05) is 5.92 Å². The zero-order chi connectivity index (χ0) is 15.9. The number of aliphatic hydroxyl groups excluding tert-OH is 2. The molecule has 21 heavy (non-hydrogen) atoms. The first-order chi connectivity index (χ1) is 9.72. The van der Waals surface area contributed by atoms with Gasteiger partial charge < -0.3 is 20.1 Å². The lowest BCUT2D eigenvalue weighted by Crippen LogP contribution is -2.49. The van der Waals surface area contributed by atoms with Gasteiger partial charge in [0.15, 0.2) is 11.8 Å². The first-order valence-electron chi connectivity index (χ1n) is 5.95. The standard InChI is InChI=1S/C12H13FN2O6/c1-3-12(20)8(17)7(5(2)16)21-10(12)15-4-6(13)9(18)14-11(15)19/h1,4-5,7-8,10,16-17,20H,2H3,(H,14,18,19)/t5-,7-,8+,10-,12?/m1/s1. The van der Waals surface area contributed by atoms with Gasteiger partial charge in [0.25, 0.3) is 5.56 Å². The maximum Gasteiger partial charge on any atom is 0.330 e. The lowest BCUT2D eigenvalue weighted by molar-refractivity contribution is -0.0887. The topological polar surface area (TPSA) is 125 Å². The van der Waals surface area contributed by atoms with E-state index in [1.54, 1.807) is 4.98 Å². The Morgan fingerprint density at radius 3 is 2.76 bits per heavy atom. The Balaban J connectivity index is 2.58. The van der Waals surface area contributed by atoms with Crippen molar-refractivity contribution < 1.29 is 24.4 Å². The Hall–Kier alpha value is -1.99. The summed E-state index contributed by atoms with van der Waals surface area (Å²) in [5.74, 6) is 0.581. The molecule has 0 aromatic carbocycles. The average Bonchev–Trinajstić information content (AvgIpc) is 2.68. The maximum absolute atomic E-state index is 13.3. The van der Waals surface area contributed by atoms with Crippen molar-refractivity contribution in [3.05, 3.63) is 32.9 Å². The van der Waals surface area contributed by atoms with Crippen LogP contribution < -0.4 is 11.2 Å². The van der Waals surface area contributed by atoms with Crippen molar-refractivity contribution in [2.45, 2.75) is 37.1 Å². The van der Waals surface area contributed by atoms with Crippen molar-refractivity contribution in [3.63, 3.8) is 0 Å². The number of nitrogens with one attached hydrogen (secondary N) is 1. The van der Waals surface area contributed by atoms with Crippen LogP contribution in [-0.2, 0) is 4.74 Å². The Bertz CT molecular complexity index is 705. The maximum atomic E-state index is 13.3. The highest BCUT2D eigenvalue weighted by atomic mass is 19.1. The summed E-state index contributed by atoms with van der Waals surface area (Å²) in [6.45, 7) is 1.28. The molecule has 0 saturated carbocycles. The second-order valence-electron chi connectivity index (χ2n) is 4.75. The van der Waals surface area contributed by atoms with Crippen LogP contribution in [0.1, 0.15) is 13.2 Å². The van der Waals surface area contributed by atoms with Crippen LogP contribution in [0.5, 0.6) is 0 Å². The number of nitrogens with zero attached hydrogens (tertiary/aromatic N) is 1. The molecule has 1 aliphatic heterocycles. The highest BCUT2D eigenvalue weighted by Gasteiger charge is 2.57. The zero-order valence-corrected chi connectivity index (χ0v) is 10.9. The van der Waals surface area contributed by atoms with Crippen molar-refractivity contribution >= 4 is 0 Å². The van der Waals surface area contributed by atoms with Crippen LogP contribution in [0, 0.1) is 18.2 Å². The number of aromatic nitrogens is 2. The number of terminal acetylenes is 1. The lowest BCUT2D eigenvalue weighted by Gasteiger charge is -2.26. The van der Waals surface area contributed by atoms with Crippen LogP contribution >= 0.6 is 0 Å². The van der Waals surface area contributed by atoms with Gasteiger partial charge in [-0.3, -0.25) is 14.3 Å². The molecule has 1 aliphatic rings. The van der Waals surface area contributed by atoms with E-state index in [1.807, 2.05) is 5.92 Å². The molecule has 4 N–H and O–H groups in total. The van der Waals surface area contributed by atoms with Crippen molar-refractivity contribution in [3.8, 4) is 12.3 Å². The first kappa shape index (κ1) is 15.4. The van der Waals surface area contributed by atoms with E-state index in [-0.39, 0.29) is 0 Å². The number of hydrogen-bond donors (Lipinski definition) is 4. The van der Waals surface area contributed by atoms with Gasteiger partial charge in [0, 0.05) is 0 Å². The summed E-state index contributed by atoms with van der Waals surface area (Å²) in [6, 6.07) is 0. The van der Waals surface area contributed by atoms with E-state index in [1.165, 1.54) is 6.92 Å². The third kappa shape index (κ3) is 2.28. The first-order valence-corrected chi connectivity index (χ1v) is 5.95. The molecule has 1 fully saturated rings. The highest BCUT2D eigenvalue weighted by molar-refractivity contribution is 5.20. The van der Waals surface area contributed by atoms with Crippen LogP contribution in [0.25, 0.3) is 0 Å². The van der Waals surface area contributed by atoms with Crippen LogP contribution in [-0.4, -0.2) is 48.8 Å². The van der Waals surface area contributed by atoms with Gasteiger partial charge in [-0.25, -0.2) is 4.79 Å². The van der Waals surface area contributed by atoms with Crippen LogP contribution in [0.15, 0.2) is 15.8 Å². The number of aliphatic hydroxyl groups is 3. The van der Waals surface area contributed by atoms with Gasteiger partial charge in [0.05, 0.1) is 12.3 Å². The Morgan fingerprint density at radius 1 is 1.62 bits per heavy atom. The minimum absolute atomic E-state index is 0.505. The fourth-order valence-corrected chi connectivity index (χ4v) is 2.17. The summed E-state index contributed by atoms with van der Waals surface area (Å²) in [4.78, 5) is 24.4. The number of rotatable bonds is 2. The van der Waals surface area contributed by atoms with Crippen molar-refractivity contribution in [1.82, 2.24) is 9.55 Å². The molecule has 9 heteroatoms. The predicted octanol–water partition coefficient (Wildman–Crippen LogP) is -2.32.